The van der Waals surface area contributed by atoms with E-state index in [1.807, 2.05) is 13.0 Å². The first-order valence-corrected chi connectivity index (χ1v) is 5.87. The van der Waals surface area contributed by atoms with Gasteiger partial charge in [0.25, 0.3) is 5.91 Å². The molecule has 0 bridgehead atoms. The van der Waals surface area contributed by atoms with Gasteiger partial charge in [-0.05, 0) is 38.5 Å². The molecule has 0 aliphatic carbocycles. The number of amides is 1. The topological polar surface area (TPSA) is 55.1 Å². The molecule has 1 N–H and O–H groups in total. The molecule has 94 valence electrons. The van der Waals surface area contributed by atoms with Crippen LogP contribution in [0.4, 0.5) is 5.69 Å². The monoisotopic (exact) mass is 264 g/mol. The first-order chi connectivity index (χ1) is 8.49. The van der Waals surface area contributed by atoms with Gasteiger partial charge in [0.2, 0.25) is 0 Å². The molecule has 0 aliphatic heterocycles. The molecule has 1 amide bonds. The van der Waals surface area contributed by atoms with Crippen LogP contribution in [-0.4, -0.2) is 11.1 Å². The third-order valence-corrected chi connectivity index (χ3v) is 3.10. The van der Waals surface area contributed by atoms with Crippen molar-refractivity contribution in [1.82, 2.24) is 5.16 Å². The van der Waals surface area contributed by atoms with E-state index >= 15 is 0 Å². The summed E-state index contributed by atoms with van der Waals surface area (Å²) in [6.07, 6.45) is 0. The fourth-order valence-corrected chi connectivity index (χ4v) is 1.85. The van der Waals surface area contributed by atoms with Gasteiger partial charge in [0.15, 0.2) is 0 Å². The number of rotatable bonds is 2. The molecule has 18 heavy (non-hydrogen) atoms. The number of aromatic nitrogens is 1. The van der Waals surface area contributed by atoms with E-state index in [9.17, 15) is 4.79 Å². The van der Waals surface area contributed by atoms with E-state index in [1.54, 1.807) is 26.0 Å². The Morgan fingerprint density at radius 3 is 2.61 bits per heavy atom. The fraction of sp³-hybridized carbons (Fsp3) is 0.231. The van der Waals surface area contributed by atoms with E-state index in [0.717, 1.165) is 5.56 Å². The van der Waals surface area contributed by atoms with Crippen LogP contribution in [0.15, 0.2) is 22.7 Å². The number of anilines is 1. The first kappa shape index (κ1) is 12.6. The van der Waals surface area contributed by atoms with E-state index in [-0.39, 0.29) is 5.91 Å². The Bertz CT molecular complexity index is 586. The Balaban J connectivity index is 2.24. The highest BCUT2D eigenvalue weighted by Gasteiger charge is 2.17. The highest BCUT2D eigenvalue weighted by atomic mass is 35.5. The Kier molecular flexibility index (Phi) is 3.39. The molecule has 2 rings (SSSR count). The zero-order valence-electron chi connectivity index (χ0n) is 10.4. The molecule has 0 atom stereocenters. The van der Waals surface area contributed by atoms with Crippen molar-refractivity contribution in [2.24, 2.45) is 0 Å². The average molecular weight is 265 g/mol. The SMILES string of the molecule is Cc1ccc(NC(=O)c2c(C)noc2C)cc1Cl. The normalized spacial score (nSPS) is 10.4. The third-order valence-electron chi connectivity index (χ3n) is 2.69. The summed E-state index contributed by atoms with van der Waals surface area (Å²) >= 11 is 6.00. The molecule has 0 unspecified atom stereocenters. The number of aryl methyl sites for hydroxylation is 3. The molecule has 1 aromatic carbocycles. The minimum absolute atomic E-state index is 0.244. The molecule has 0 saturated carbocycles. The third kappa shape index (κ3) is 2.38. The smallest absolute Gasteiger partial charge is 0.261 e. The maximum atomic E-state index is 12.1. The lowest BCUT2D eigenvalue weighted by Gasteiger charge is -2.06. The summed E-state index contributed by atoms with van der Waals surface area (Å²) in [7, 11) is 0. The number of hydrogen-bond donors (Lipinski definition) is 1. The van der Waals surface area contributed by atoms with E-state index < -0.39 is 0 Å². The second kappa shape index (κ2) is 4.82. The number of benzene rings is 1. The van der Waals surface area contributed by atoms with Crippen molar-refractivity contribution < 1.29 is 9.32 Å². The van der Waals surface area contributed by atoms with Crippen molar-refractivity contribution in [2.75, 3.05) is 5.32 Å². The van der Waals surface area contributed by atoms with Gasteiger partial charge in [0.05, 0.1) is 5.69 Å². The summed E-state index contributed by atoms with van der Waals surface area (Å²) in [5.41, 5.74) is 2.65. The van der Waals surface area contributed by atoms with Gasteiger partial charge in [-0.3, -0.25) is 4.79 Å². The largest absolute Gasteiger partial charge is 0.361 e. The van der Waals surface area contributed by atoms with Crippen molar-refractivity contribution in [1.29, 1.82) is 0 Å². The predicted molar refractivity (Wildman–Crippen MR) is 70.1 cm³/mol. The maximum absolute atomic E-state index is 12.1. The molecule has 1 heterocycles. The quantitative estimate of drug-likeness (QED) is 0.903. The van der Waals surface area contributed by atoms with Crippen LogP contribution in [0.25, 0.3) is 0 Å². The standard InChI is InChI=1S/C13H13ClN2O2/c1-7-4-5-10(6-11(7)14)15-13(17)12-8(2)16-18-9(12)3/h4-6H,1-3H3,(H,15,17). The van der Waals surface area contributed by atoms with Crippen molar-refractivity contribution in [2.45, 2.75) is 20.8 Å². The summed E-state index contributed by atoms with van der Waals surface area (Å²) in [4.78, 5) is 12.1. The molecule has 0 radical (unpaired) electrons. The first-order valence-electron chi connectivity index (χ1n) is 5.49. The molecule has 4 nitrogen and oxygen atoms in total. The molecule has 0 spiro atoms. The van der Waals surface area contributed by atoms with Gasteiger partial charge in [-0.1, -0.05) is 22.8 Å². The summed E-state index contributed by atoms with van der Waals surface area (Å²) in [5, 5.41) is 7.14. The second-order valence-electron chi connectivity index (χ2n) is 4.12. The van der Waals surface area contributed by atoms with Crippen LogP contribution in [0.2, 0.25) is 5.02 Å². The lowest BCUT2D eigenvalue weighted by atomic mass is 10.1. The predicted octanol–water partition coefficient (Wildman–Crippen LogP) is 3.51. The fourth-order valence-electron chi connectivity index (χ4n) is 1.67. The molecular weight excluding hydrogens is 252 g/mol. The average Bonchev–Trinajstić information content (AvgIpc) is 2.64. The number of hydrogen-bond acceptors (Lipinski definition) is 3. The van der Waals surface area contributed by atoms with Crippen molar-refractivity contribution in [3.05, 3.63) is 45.8 Å². The van der Waals surface area contributed by atoms with Gasteiger partial charge in [-0.15, -0.1) is 0 Å². The lowest BCUT2D eigenvalue weighted by molar-refractivity contribution is 0.102. The summed E-state index contributed by atoms with van der Waals surface area (Å²) in [6.45, 7) is 5.34. The molecule has 5 heteroatoms. The highest BCUT2D eigenvalue weighted by Crippen LogP contribution is 2.21. The number of halogens is 1. The number of nitrogens with zero attached hydrogens (tertiary/aromatic N) is 1. The summed E-state index contributed by atoms with van der Waals surface area (Å²) < 4.78 is 4.96. The molecule has 2 aromatic rings. The molecule has 0 fully saturated rings. The summed E-state index contributed by atoms with van der Waals surface area (Å²) in [5.74, 6) is 0.259. The minimum atomic E-state index is -0.244. The molecular formula is C13H13ClN2O2. The van der Waals surface area contributed by atoms with Crippen LogP contribution < -0.4 is 5.32 Å². The zero-order chi connectivity index (χ0) is 13.3. The molecule has 1 aromatic heterocycles. The van der Waals surface area contributed by atoms with E-state index in [1.165, 1.54) is 0 Å². The lowest BCUT2D eigenvalue weighted by Crippen LogP contribution is -2.13. The van der Waals surface area contributed by atoms with Gasteiger partial charge in [0, 0.05) is 10.7 Å². The summed E-state index contributed by atoms with van der Waals surface area (Å²) in [6, 6.07) is 5.37. The van der Waals surface area contributed by atoms with E-state index in [2.05, 4.69) is 10.5 Å². The van der Waals surface area contributed by atoms with E-state index in [4.69, 9.17) is 16.1 Å². The van der Waals surface area contributed by atoms with Crippen LogP contribution in [0, 0.1) is 20.8 Å². The zero-order valence-corrected chi connectivity index (χ0v) is 11.1. The maximum Gasteiger partial charge on any atom is 0.261 e. The van der Waals surface area contributed by atoms with Crippen molar-refractivity contribution in [3.63, 3.8) is 0 Å². The van der Waals surface area contributed by atoms with Gasteiger partial charge in [-0.2, -0.15) is 0 Å². The Morgan fingerprint density at radius 1 is 1.33 bits per heavy atom. The van der Waals surface area contributed by atoms with Crippen LogP contribution in [0.5, 0.6) is 0 Å². The van der Waals surface area contributed by atoms with Crippen LogP contribution in [0.1, 0.15) is 27.4 Å². The highest BCUT2D eigenvalue weighted by molar-refractivity contribution is 6.31. The van der Waals surface area contributed by atoms with Gasteiger partial charge in [-0.25, -0.2) is 0 Å². The molecule has 0 aliphatic rings. The van der Waals surface area contributed by atoms with Gasteiger partial charge < -0.3 is 9.84 Å². The van der Waals surface area contributed by atoms with E-state index in [0.29, 0.717) is 27.7 Å². The second-order valence-corrected chi connectivity index (χ2v) is 4.52. The number of nitrogens with one attached hydrogen (secondary N) is 1. The Labute approximate surface area is 110 Å². The van der Waals surface area contributed by atoms with Gasteiger partial charge >= 0.3 is 0 Å². The Morgan fingerprint density at radius 2 is 2.06 bits per heavy atom. The number of carbonyl (C=O) groups excluding carboxylic acids is 1. The van der Waals surface area contributed by atoms with Crippen molar-refractivity contribution in [3.8, 4) is 0 Å². The Hall–Kier alpha value is -1.81. The van der Waals surface area contributed by atoms with Gasteiger partial charge in [0.1, 0.15) is 11.3 Å². The van der Waals surface area contributed by atoms with Crippen LogP contribution in [-0.2, 0) is 0 Å². The van der Waals surface area contributed by atoms with Crippen LogP contribution >= 0.6 is 11.6 Å². The minimum Gasteiger partial charge on any atom is -0.361 e. The van der Waals surface area contributed by atoms with Crippen LogP contribution in [0.3, 0.4) is 0 Å². The number of carbonyl (C=O) groups is 1. The molecule has 0 saturated heterocycles. The van der Waals surface area contributed by atoms with Crippen molar-refractivity contribution >= 4 is 23.2 Å².